The molecule has 0 atom stereocenters. The van der Waals surface area contributed by atoms with Crippen molar-refractivity contribution in [2.75, 3.05) is 0 Å². The fourth-order valence-electron chi connectivity index (χ4n) is 0.619. The molecule has 0 unspecified atom stereocenters. The molecule has 0 bridgehead atoms. The molecular formula is C6H7NO3S2. The van der Waals surface area contributed by atoms with E-state index in [4.69, 9.17) is 4.55 Å². The summed E-state index contributed by atoms with van der Waals surface area (Å²) in [4.78, 5) is 0. The fourth-order valence-corrected chi connectivity index (χ4v) is 1.54. The van der Waals surface area contributed by atoms with Crippen molar-refractivity contribution in [3.8, 4) is 0 Å². The molecule has 0 fully saturated rings. The molecule has 1 aliphatic rings. The van der Waals surface area contributed by atoms with Crippen LogP contribution >= 0.6 is 11.8 Å². The van der Waals surface area contributed by atoms with Crippen LogP contribution in [0.4, 0.5) is 0 Å². The molecule has 0 aromatic heterocycles. The fraction of sp³-hybridized carbons (Fsp3) is 0. The van der Waals surface area contributed by atoms with Gasteiger partial charge in [0.2, 0.25) is 0 Å². The smallest absolute Gasteiger partial charge is 0.269 e. The summed E-state index contributed by atoms with van der Waals surface area (Å²) in [5.41, 5.74) is 0.332. The second kappa shape index (κ2) is 3.79. The Morgan fingerprint density at radius 3 is 2.83 bits per heavy atom. The zero-order valence-corrected chi connectivity index (χ0v) is 7.60. The minimum Gasteiger partial charge on any atom is -0.269 e. The first-order valence-corrected chi connectivity index (χ1v) is 5.40. The van der Waals surface area contributed by atoms with Gasteiger partial charge in [0.15, 0.2) is 0 Å². The van der Waals surface area contributed by atoms with Crippen molar-refractivity contribution in [3.05, 3.63) is 34.7 Å². The van der Waals surface area contributed by atoms with Gasteiger partial charge >= 0.3 is 10.3 Å². The number of hydrogen-bond donors (Lipinski definition) is 2. The molecule has 1 heterocycles. The van der Waals surface area contributed by atoms with Crippen molar-refractivity contribution >= 4 is 22.1 Å². The van der Waals surface area contributed by atoms with E-state index in [1.165, 1.54) is 11.8 Å². The Morgan fingerprint density at radius 2 is 2.17 bits per heavy atom. The van der Waals surface area contributed by atoms with Crippen LogP contribution in [0, 0.1) is 0 Å². The van der Waals surface area contributed by atoms with Gasteiger partial charge in [0.05, 0.1) is 5.70 Å². The van der Waals surface area contributed by atoms with Crippen molar-refractivity contribution in [1.82, 2.24) is 4.72 Å². The van der Waals surface area contributed by atoms with E-state index in [0.717, 1.165) is 0 Å². The maximum Gasteiger partial charge on any atom is 0.357 e. The lowest BCUT2D eigenvalue weighted by atomic mass is 10.4. The average Bonchev–Trinajstić information content (AvgIpc) is 2.12. The van der Waals surface area contributed by atoms with Crippen LogP contribution in [0.25, 0.3) is 0 Å². The molecule has 0 radical (unpaired) electrons. The summed E-state index contributed by atoms with van der Waals surface area (Å²) >= 11 is 1.42. The van der Waals surface area contributed by atoms with Gasteiger partial charge in [0.1, 0.15) is 0 Å². The Labute approximate surface area is 74.9 Å². The highest BCUT2D eigenvalue weighted by molar-refractivity contribution is 8.04. The van der Waals surface area contributed by atoms with E-state index < -0.39 is 10.3 Å². The molecule has 2 N–H and O–H groups in total. The number of rotatable bonds is 2. The van der Waals surface area contributed by atoms with Crippen molar-refractivity contribution in [2.45, 2.75) is 0 Å². The topological polar surface area (TPSA) is 66.4 Å². The largest absolute Gasteiger partial charge is 0.357 e. The molecule has 0 aliphatic carbocycles. The molecule has 0 saturated carbocycles. The molecule has 6 heteroatoms. The number of thioether (sulfide) groups is 1. The van der Waals surface area contributed by atoms with Crippen LogP contribution in [-0.2, 0) is 10.3 Å². The van der Waals surface area contributed by atoms with E-state index in [2.05, 4.69) is 0 Å². The quantitative estimate of drug-likeness (QED) is 0.661. The van der Waals surface area contributed by atoms with Gasteiger partial charge in [-0.05, 0) is 23.0 Å². The summed E-state index contributed by atoms with van der Waals surface area (Å²) < 4.78 is 31.1. The summed E-state index contributed by atoms with van der Waals surface area (Å²) in [6, 6.07) is 0. The van der Waals surface area contributed by atoms with Gasteiger partial charge in [-0.1, -0.05) is 6.08 Å². The predicted molar refractivity (Wildman–Crippen MR) is 48.6 cm³/mol. The minimum atomic E-state index is -4.15. The monoisotopic (exact) mass is 205 g/mol. The first kappa shape index (κ1) is 9.37. The molecule has 0 aromatic rings. The lowest BCUT2D eigenvalue weighted by Gasteiger charge is -2.00. The summed E-state index contributed by atoms with van der Waals surface area (Å²) in [5, 5.41) is 3.49. The molecule has 1 aliphatic heterocycles. The molecule has 4 nitrogen and oxygen atoms in total. The van der Waals surface area contributed by atoms with Crippen molar-refractivity contribution in [2.24, 2.45) is 0 Å². The van der Waals surface area contributed by atoms with Gasteiger partial charge in [-0.2, -0.15) is 8.42 Å². The number of nitrogens with one attached hydrogen (secondary N) is 1. The van der Waals surface area contributed by atoms with Crippen LogP contribution in [0.3, 0.4) is 0 Å². The predicted octanol–water partition coefficient (Wildman–Crippen LogP) is 1.04. The highest BCUT2D eigenvalue weighted by Gasteiger charge is 2.03. The van der Waals surface area contributed by atoms with Crippen LogP contribution in [0.2, 0.25) is 0 Å². The van der Waals surface area contributed by atoms with Gasteiger partial charge < -0.3 is 0 Å². The van der Waals surface area contributed by atoms with Gasteiger partial charge in [-0.25, -0.2) is 0 Å². The third-order valence-corrected chi connectivity index (χ3v) is 2.11. The molecule has 0 aromatic carbocycles. The maximum absolute atomic E-state index is 10.4. The molecule has 12 heavy (non-hydrogen) atoms. The van der Waals surface area contributed by atoms with Gasteiger partial charge in [-0.3, -0.25) is 9.27 Å². The van der Waals surface area contributed by atoms with E-state index in [9.17, 15) is 8.42 Å². The summed E-state index contributed by atoms with van der Waals surface area (Å²) in [5.74, 6) is 0. The van der Waals surface area contributed by atoms with Crippen molar-refractivity contribution in [3.63, 3.8) is 0 Å². The van der Waals surface area contributed by atoms with Gasteiger partial charge in [-0.15, -0.1) is 11.8 Å². The standard InChI is InChI=1S/C6H7NO3S2/c8-12(9,10)7-6-2-1-4-11-5-3-6/h1-5,7H,(H,8,9,10). The zero-order valence-electron chi connectivity index (χ0n) is 5.97. The Morgan fingerprint density at radius 1 is 1.42 bits per heavy atom. The molecular weight excluding hydrogens is 198 g/mol. The maximum atomic E-state index is 10.4. The number of hydrogen-bond acceptors (Lipinski definition) is 3. The van der Waals surface area contributed by atoms with E-state index in [1.807, 2.05) is 4.72 Å². The second-order valence-electron chi connectivity index (χ2n) is 1.97. The average molecular weight is 205 g/mol. The van der Waals surface area contributed by atoms with Crippen LogP contribution < -0.4 is 4.72 Å². The van der Waals surface area contributed by atoms with Crippen molar-refractivity contribution in [1.29, 1.82) is 0 Å². The van der Waals surface area contributed by atoms with E-state index in [0.29, 0.717) is 5.70 Å². The highest BCUT2D eigenvalue weighted by Crippen LogP contribution is 2.10. The molecule has 0 saturated heterocycles. The second-order valence-corrected chi connectivity index (χ2v) is 3.94. The Hall–Kier alpha value is -0.720. The Balaban J connectivity index is 2.76. The first-order chi connectivity index (χ1) is 5.58. The normalized spacial score (nSPS) is 16.9. The molecule has 0 amide bonds. The summed E-state index contributed by atoms with van der Waals surface area (Å²) in [7, 11) is -4.15. The minimum absolute atomic E-state index is 0.332. The molecule has 66 valence electrons. The van der Waals surface area contributed by atoms with E-state index in [-0.39, 0.29) is 0 Å². The SMILES string of the molecule is O=S(=O)(O)NC1=CC=CSC=C1. The van der Waals surface area contributed by atoms with E-state index in [1.54, 1.807) is 29.0 Å². The highest BCUT2D eigenvalue weighted by atomic mass is 32.2. The lowest BCUT2D eigenvalue weighted by molar-refractivity contribution is 0.475. The molecule has 0 spiro atoms. The lowest BCUT2D eigenvalue weighted by Crippen LogP contribution is -2.20. The third kappa shape index (κ3) is 3.61. The Bertz CT molecular complexity index is 340. The Kier molecular flexibility index (Phi) is 2.96. The van der Waals surface area contributed by atoms with Crippen molar-refractivity contribution < 1.29 is 13.0 Å². The van der Waals surface area contributed by atoms with E-state index >= 15 is 0 Å². The van der Waals surface area contributed by atoms with Gasteiger partial charge in [0, 0.05) is 0 Å². The first-order valence-electron chi connectivity index (χ1n) is 3.02. The third-order valence-electron chi connectivity index (χ3n) is 1.01. The van der Waals surface area contributed by atoms with Gasteiger partial charge in [0.25, 0.3) is 0 Å². The summed E-state index contributed by atoms with van der Waals surface area (Å²) in [6.45, 7) is 0. The summed E-state index contributed by atoms with van der Waals surface area (Å²) in [6.07, 6.45) is 4.78. The van der Waals surface area contributed by atoms with Crippen LogP contribution in [0.15, 0.2) is 34.7 Å². The van der Waals surface area contributed by atoms with Crippen LogP contribution in [-0.4, -0.2) is 13.0 Å². The zero-order chi connectivity index (χ0) is 9.03. The van der Waals surface area contributed by atoms with Crippen LogP contribution in [0.5, 0.6) is 0 Å². The molecule has 1 rings (SSSR count). The van der Waals surface area contributed by atoms with Crippen LogP contribution in [0.1, 0.15) is 0 Å². The number of allylic oxidation sites excluding steroid dienone is 3.